The highest BCUT2D eigenvalue weighted by Gasteiger charge is 2.62. The number of H-pyrrole nitrogens is 3. The topological polar surface area (TPSA) is 118 Å². The molecule has 3 aromatic rings. The van der Waals surface area contributed by atoms with E-state index in [-0.39, 0.29) is 23.6 Å². The lowest BCUT2D eigenvalue weighted by Gasteiger charge is -2.19. The van der Waals surface area contributed by atoms with E-state index in [0.29, 0.717) is 30.9 Å². The largest absolute Gasteiger partial charge is 0.466 e. The number of ether oxygens (including phenoxy) is 1. The van der Waals surface area contributed by atoms with E-state index in [0.717, 1.165) is 97.7 Å². The lowest BCUT2D eigenvalue weighted by atomic mass is 9.85. The standard InChI is InChI=1S/C55H78N4O5/c1-13-39-35(8)42-28-44-37(10)41(24-25-48(60)62-27-26-34(7)23-17-22-33(6)21-16-20-32(5)19-15-18-31(3)4)52(58-44)50-51(55-63-64(55)12)54(61)49-38(11)45(59-53(49)50)30-47-40(14-2)36(9)43(57-47)29-46(39)56-42/h13,28-34,37,41,51,55-57H,1,14-27H2,2-12H3,(H-,58,59,61)/p+1/b43-29-,44-28-,47-30-/t32-,33-,34-,37+,41+,51-,55?/m1/s1. The van der Waals surface area contributed by atoms with Gasteiger partial charge in [-0.3, -0.25) is 9.59 Å². The van der Waals surface area contributed by atoms with Gasteiger partial charge in [0.1, 0.15) is 0 Å². The molecule has 7 rings (SSSR count). The Hall–Kier alpha value is -4.34. The molecule has 9 nitrogen and oxygen atoms in total. The van der Waals surface area contributed by atoms with Crippen LogP contribution in [0.25, 0.3) is 29.9 Å². The van der Waals surface area contributed by atoms with Gasteiger partial charge in [-0.05, 0) is 109 Å². The van der Waals surface area contributed by atoms with Crippen molar-refractivity contribution in [2.24, 2.45) is 41.4 Å². The van der Waals surface area contributed by atoms with Gasteiger partial charge >= 0.3 is 12.3 Å². The van der Waals surface area contributed by atoms with Gasteiger partial charge in [-0.15, -0.1) is 0 Å². The lowest BCUT2D eigenvalue weighted by Crippen LogP contribution is -2.22. The fourth-order valence-electron chi connectivity index (χ4n) is 11.0. The third kappa shape index (κ3) is 10.2. The molecule has 0 radical (unpaired) electrons. The summed E-state index contributed by atoms with van der Waals surface area (Å²) in [5.41, 5.74) is 12.9. The monoisotopic (exact) mass is 876 g/mol. The Morgan fingerprint density at radius 2 is 1.44 bits per heavy atom. The van der Waals surface area contributed by atoms with E-state index in [4.69, 9.17) is 9.62 Å². The zero-order chi connectivity index (χ0) is 46.0. The normalized spacial score (nSPS) is 24.7. The van der Waals surface area contributed by atoms with E-state index in [1.54, 1.807) is 7.11 Å². The van der Waals surface area contributed by atoms with E-state index in [1.807, 2.05) is 13.0 Å². The molecule has 0 aromatic carbocycles. The summed E-state index contributed by atoms with van der Waals surface area (Å²) in [7, 11) is 1.80. The number of nitrogens with one attached hydrogen (secondary N) is 4. The molecule has 4 N–H and O–H groups in total. The van der Waals surface area contributed by atoms with Gasteiger partial charge in [-0.1, -0.05) is 119 Å². The van der Waals surface area contributed by atoms with Gasteiger partial charge in [0.15, 0.2) is 18.8 Å². The molecule has 7 atom stereocenters. The van der Waals surface area contributed by atoms with Crippen LogP contribution in [0.1, 0.15) is 186 Å². The van der Waals surface area contributed by atoms with E-state index in [9.17, 15) is 9.59 Å². The second-order valence-electron chi connectivity index (χ2n) is 20.6. The number of allylic oxidation sites excluding steroid dienone is 2. The second-order valence-corrected chi connectivity index (χ2v) is 20.6. The highest BCUT2D eigenvalue weighted by molar-refractivity contribution is 6.16. The van der Waals surface area contributed by atoms with Crippen LogP contribution in [-0.2, 0) is 25.4 Å². The van der Waals surface area contributed by atoms with Crippen molar-refractivity contribution in [3.63, 3.8) is 0 Å². The van der Waals surface area contributed by atoms with Crippen molar-refractivity contribution >= 4 is 41.6 Å². The number of hydrogen-bond donors (Lipinski definition) is 4. The van der Waals surface area contributed by atoms with E-state index >= 15 is 0 Å². The SMILES string of the molecule is C=Cc1c2[nH]c(c1C)/C=C1\N/C(=C3\c4[nH]c(c(C)c4C(=O)[C@@H]3C3O[O+]3C)/C=c3\[nH]/c(c(C)c3CC)=C\2)[C@@H](CCC(=O)OCC[C@H](C)CCC[C@H](C)CCC[C@H](C)CCCC(C)C)[C@@H]1C. The number of carbonyl (C=O) groups excluding carboxylic acids is 2. The highest BCUT2D eigenvalue weighted by atomic mass is 17.5. The third-order valence-corrected chi connectivity index (χ3v) is 15.3. The fourth-order valence-corrected chi connectivity index (χ4v) is 11.0. The highest BCUT2D eigenvalue weighted by Crippen LogP contribution is 2.52. The van der Waals surface area contributed by atoms with Crippen LogP contribution in [0, 0.1) is 62.2 Å². The summed E-state index contributed by atoms with van der Waals surface area (Å²) in [4.78, 5) is 45.2. The average Bonchev–Trinajstić information content (AvgIpc) is 3.46. The first-order valence-electron chi connectivity index (χ1n) is 24.8. The van der Waals surface area contributed by atoms with Crippen LogP contribution in [0.15, 0.2) is 18.0 Å². The Morgan fingerprint density at radius 3 is 2.05 bits per heavy atom. The van der Waals surface area contributed by atoms with Gasteiger partial charge in [-0.25, -0.2) is 4.52 Å². The minimum Gasteiger partial charge on any atom is -0.466 e. The predicted octanol–water partition coefficient (Wildman–Crippen LogP) is 11.4. The molecular weight excluding hydrogens is 797 g/mol. The summed E-state index contributed by atoms with van der Waals surface area (Å²) in [6.45, 7) is 27.2. The summed E-state index contributed by atoms with van der Waals surface area (Å²) in [5.74, 6) is 2.25. The maximum absolute atomic E-state index is 14.6. The first-order chi connectivity index (χ1) is 30.6. The number of esters is 1. The molecule has 3 aliphatic heterocycles. The van der Waals surface area contributed by atoms with E-state index in [1.165, 1.54) is 68.9 Å². The third-order valence-electron chi connectivity index (χ3n) is 15.3. The van der Waals surface area contributed by atoms with Gasteiger partial charge < -0.3 is 25.0 Å². The number of carbonyl (C=O) groups is 2. The van der Waals surface area contributed by atoms with Crippen LogP contribution in [-0.4, -0.2) is 46.7 Å². The van der Waals surface area contributed by atoms with Gasteiger partial charge in [0.05, 0.1) is 12.3 Å². The number of aromatic amines is 3. The molecule has 348 valence electrons. The second kappa shape index (κ2) is 20.4. The molecule has 1 aliphatic carbocycles. The summed E-state index contributed by atoms with van der Waals surface area (Å²) in [5, 5.41) is 5.93. The van der Waals surface area contributed by atoms with Crippen molar-refractivity contribution < 1.29 is 23.7 Å². The van der Waals surface area contributed by atoms with Crippen LogP contribution in [0.2, 0.25) is 0 Å². The quantitative estimate of drug-likeness (QED) is 0.0368. The van der Waals surface area contributed by atoms with Gasteiger partial charge in [0.2, 0.25) is 0 Å². The Morgan fingerprint density at radius 1 is 0.828 bits per heavy atom. The predicted molar refractivity (Wildman–Crippen MR) is 262 cm³/mol. The van der Waals surface area contributed by atoms with Crippen LogP contribution >= 0.6 is 0 Å². The molecule has 64 heavy (non-hydrogen) atoms. The molecular formula is C55H79N4O5+. The zero-order valence-electron chi connectivity index (χ0n) is 41.1. The summed E-state index contributed by atoms with van der Waals surface area (Å²) >= 11 is 0. The van der Waals surface area contributed by atoms with Crippen molar-refractivity contribution in [2.75, 3.05) is 13.7 Å². The molecule has 0 spiro atoms. The van der Waals surface area contributed by atoms with Crippen molar-refractivity contribution in [1.82, 2.24) is 20.3 Å². The zero-order valence-corrected chi connectivity index (χ0v) is 41.1. The molecule has 8 bridgehead atoms. The number of rotatable bonds is 21. The minimum atomic E-state index is -0.532. The lowest BCUT2D eigenvalue weighted by molar-refractivity contribution is -0.144. The Balaban J connectivity index is 1.07. The van der Waals surface area contributed by atoms with Gasteiger partial charge in [0.25, 0.3) is 0 Å². The fraction of sp³-hybridized carbons (Fsp3) is 0.600. The van der Waals surface area contributed by atoms with Crippen LogP contribution in [0.4, 0.5) is 0 Å². The van der Waals surface area contributed by atoms with Gasteiger partial charge in [-0.2, -0.15) is 0 Å². The number of ketones is 1. The van der Waals surface area contributed by atoms with Crippen LogP contribution < -0.4 is 16.0 Å². The summed E-state index contributed by atoms with van der Waals surface area (Å²) in [6.07, 6.45) is 22.4. The molecule has 3 aromatic heterocycles. The van der Waals surface area contributed by atoms with E-state index in [2.05, 4.69) is 112 Å². The maximum Gasteiger partial charge on any atom is 0.384 e. The van der Waals surface area contributed by atoms with E-state index < -0.39 is 12.2 Å². The molecule has 6 heterocycles. The van der Waals surface area contributed by atoms with Crippen LogP contribution in [0.5, 0.6) is 0 Å². The van der Waals surface area contributed by atoms with Crippen molar-refractivity contribution in [1.29, 1.82) is 0 Å². The van der Waals surface area contributed by atoms with Crippen molar-refractivity contribution in [3.8, 4) is 0 Å². The molecule has 2 fully saturated rings. The van der Waals surface area contributed by atoms with Crippen molar-refractivity contribution in [2.45, 2.75) is 159 Å². The molecule has 0 saturated carbocycles. The molecule has 4 aliphatic rings. The Kier molecular flexibility index (Phi) is 15.2. The maximum atomic E-state index is 14.6. The molecule has 9 heteroatoms. The summed E-state index contributed by atoms with van der Waals surface area (Å²) < 4.78 is 8.60. The van der Waals surface area contributed by atoms with Gasteiger partial charge in [0, 0.05) is 74.1 Å². The minimum absolute atomic E-state index is 0.0288. The Labute approximate surface area is 383 Å². The van der Waals surface area contributed by atoms with Crippen LogP contribution in [0.3, 0.4) is 0 Å². The molecule has 0 amide bonds. The average molecular weight is 876 g/mol. The number of aromatic nitrogens is 3. The Bertz CT molecular complexity index is 2390. The molecule has 1 unspecified atom stereocenters. The smallest absolute Gasteiger partial charge is 0.384 e. The molecule has 2 saturated heterocycles. The summed E-state index contributed by atoms with van der Waals surface area (Å²) in [6, 6.07) is 0. The van der Waals surface area contributed by atoms with Crippen molar-refractivity contribution in [3.05, 3.63) is 84.8 Å². The number of Topliss-reactive ketones (excluding diaryl/α,β-unsaturated/α-hetero) is 1. The number of hydrogen-bond acceptors (Lipinski definition) is 5. The first kappa shape index (κ1) is 47.6. The number of fused-ring (bicyclic) bond motifs is 7. The first-order valence-corrected chi connectivity index (χ1v) is 24.8.